The topological polar surface area (TPSA) is 61.8 Å². The molecule has 1 aliphatic rings. The molecule has 0 aliphatic carbocycles. The number of ether oxygens (including phenoxy) is 1. The Morgan fingerprint density at radius 2 is 2.28 bits per heavy atom. The highest BCUT2D eigenvalue weighted by Crippen LogP contribution is 2.18. The van der Waals surface area contributed by atoms with Crippen molar-refractivity contribution in [2.24, 2.45) is 0 Å². The lowest BCUT2D eigenvalue weighted by molar-refractivity contribution is -0.144. The first-order valence-electron chi connectivity index (χ1n) is 6.71. The van der Waals surface area contributed by atoms with E-state index in [1.54, 1.807) is 14.0 Å². The zero-order valence-corrected chi connectivity index (χ0v) is 11.9. The summed E-state index contributed by atoms with van der Waals surface area (Å²) in [7, 11) is 1.70. The first kappa shape index (κ1) is 15.4. The summed E-state index contributed by atoms with van der Waals surface area (Å²) in [6, 6.07) is 0.413. The number of nitrogens with zero attached hydrogens (tertiary/aromatic N) is 1. The van der Waals surface area contributed by atoms with Gasteiger partial charge in [-0.2, -0.15) is 0 Å². The number of carboxylic acids is 1. The fourth-order valence-corrected chi connectivity index (χ4v) is 2.27. The smallest absolute Gasteiger partial charge is 0.323 e. The Morgan fingerprint density at radius 3 is 2.78 bits per heavy atom. The molecule has 3 unspecified atom stereocenters. The van der Waals surface area contributed by atoms with Crippen LogP contribution in [0, 0.1) is 0 Å². The van der Waals surface area contributed by atoms with Crippen molar-refractivity contribution >= 4 is 5.97 Å². The quantitative estimate of drug-likeness (QED) is 0.742. The zero-order valence-electron chi connectivity index (χ0n) is 11.9. The van der Waals surface area contributed by atoms with Crippen LogP contribution in [0.4, 0.5) is 0 Å². The fourth-order valence-electron chi connectivity index (χ4n) is 2.27. The third kappa shape index (κ3) is 3.67. The van der Waals surface area contributed by atoms with Crippen LogP contribution in [0.5, 0.6) is 0 Å². The zero-order chi connectivity index (χ0) is 13.8. The lowest BCUT2D eigenvalue weighted by atomic mass is 9.97. The van der Waals surface area contributed by atoms with Gasteiger partial charge in [-0.05, 0) is 33.7 Å². The van der Waals surface area contributed by atoms with E-state index in [0.717, 1.165) is 26.1 Å². The maximum atomic E-state index is 11.2. The summed E-state index contributed by atoms with van der Waals surface area (Å²) in [6.07, 6.45) is 1.87. The first-order valence-corrected chi connectivity index (χ1v) is 6.71. The summed E-state index contributed by atoms with van der Waals surface area (Å²) < 4.78 is 5.64. The molecule has 0 aromatic heterocycles. The number of aliphatic carboxylic acids is 1. The monoisotopic (exact) mass is 258 g/mol. The van der Waals surface area contributed by atoms with Crippen molar-refractivity contribution in [3.8, 4) is 0 Å². The molecule has 0 aromatic rings. The van der Waals surface area contributed by atoms with Gasteiger partial charge >= 0.3 is 5.97 Å². The van der Waals surface area contributed by atoms with Crippen molar-refractivity contribution in [2.45, 2.75) is 51.3 Å². The van der Waals surface area contributed by atoms with Crippen LogP contribution in [-0.2, 0) is 9.53 Å². The molecule has 0 bridgehead atoms. The number of likely N-dealkylation sites (N-methyl/N-ethyl adjacent to an activating group) is 1. The minimum Gasteiger partial charge on any atom is -0.480 e. The molecule has 0 radical (unpaired) electrons. The number of carboxylic acid groups (broad SMARTS) is 1. The average Bonchev–Trinajstić information content (AvgIpc) is 2.35. The number of hydrogen-bond donors (Lipinski definition) is 2. The highest BCUT2D eigenvalue weighted by Gasteiger charge is 2.33. The maximum Gasteiger partial charge on any atom is 0.323 e. The van der Waals surface area contributed by atoms with E-state index >= 15 is 0 Å². The molecule has 5 nitrogen and oxygen atoms in total. The van der Waals surface area contributed by atoms with E-state index in [1.165, 1.54) is 0 Å². The van der Waals surface area contributed by atoms with Crippen molar-refractivity contribution < 1.29 is 14.6 Å². The van der Waals surface area contributed by atoms with E-state index in [4.69, 9.17) is 4.74 Å². The standard InChI is InChI=1S/C13H26N2O3/c1-5-11-9-18-10(2)8-15(11)7-6-13(3,14-4)12(16)17/h10-11,14H,5-9H2,1-4H3,(H,16,17). The molecule has 1 aliphatic heterocycles. The lowest BCUT2D eigenvalue weighted by Gasteiger charge is -2.39. The van der Waals surface area contributed by atoms with Gasteiger partial charge in [0, 0.05) is 19.1 Å². The van der Waals surface area contributed by atoms with Crippen LogP contribution in [0.25, 0.3) is 0 Å². The van der Waals surface area contributed by atoms with E-state index in [2.05, 4.69) is 24.1 Å². The van der Waals surface area contributed by atoms with E-state index in [1.807, 2.05) is 0 Å². The molecule has 5 heteroatoms. The third-order valence-corrected chi connectivity index (χ3v) is 3.98. The largest absolute Gasteiger partial charge is 0.480 e. The summed E-state index contributed by atoms with van der Waals surface area (Å²) in [6.45, 7) is 8.37. The second kappa shape index (κ2) is 6.50. The predicted octanol–water partition coefficient (Wildman–Crippen LogP) is 0.939. The molecular weight excluding hydrogens is 232 g/mol. The third-order valence-electron chi connectivity index (χ3n) is 3.98. The van der Waals surface area contributed by atoms with Crippen LogP contribution < -0.4 is 5.32 Å². The second-order valence-electron chi connectivity index (χ2n) is 5.34. The van der Waals surface area contributed by atoms with E-state index in [0.29, 0.717) is 12.5 Å². The molecule has 0 aromatic carbocycles. The highest BCUT2D eigenvalue weighted by molar-refractivity contribution is 5.78. The average molecular weight is 258 g/mol. The van der Waals surface area contributed by atoms with Gasteiger partial charge in [0.05, 0.1) is 12.7 Å². The van der Waals surface area contributed by atoms with Gasteiger partial charge in [0.2, 0.25) is 0 Å². The Kier molecular flexibility index (Phi) is 5.56. The maximum absolute atomic E-state index is 11.2. The number of rotatable bonds is 6. The molecule has 106 valence electrons. The first-order chi connectivity index (χ1) is 8.42. The Bertz CT molecular complexity index is 285. The molecule has 1 fully saturated rings. The summed E-state index contributed by atoms with van der Waals surface area (Å²) in [4.78, 5) is 13.6. The molecule has 1 heterocycles. The predicted molar refractivity (Wildman–Crippen MR) is 70.8 cm³/mol. The van der Waals surface area contributed by atoms with E-state index in [-0.39, 0.29) is 6.10 Å². The van der Waals surface area contributed by atoms with Crippen molar-refractivity contribution in [3.05, 3.63) is 0 Å². The van der Waals surface area contributed by atoms with Crippen LogP contribution in [0.1, 0.15) is 33.6 Å². The second-order valence-corrected chi connectivity index (χ2v) is 5.34. The molecule has 1 saturated heterocycles. The molecule has 2 N–H and O–H groups in total. The number of morpholine rings is 1. The molecule has 0 saturated carbocycles. The molecular formula is C13H26N2O3. The van der Waals surface area contributed by atoms with E-state index < -0.39 is 11.5 Å². The molecule has 3 atom stereocenters. The number of hydrogen-bond acceptors (Lipinski definition) is 4. The minimum absolute atomic E-state index is 0.235. The molecule has 18 heavy (non-hydrogen) atoms. The summed E-state index contributed by atoms with van der Waals surface area (Å²) >= 11 is 0. The molecule has 0 amide bonds. The van der Waals surface area contributed by atoms with Gasteiger partial charge in [0.1, 0.15) is 5.54 Å². The van der Waals surface area contributed by atoms with Gasteiger partial charge in [-0.3, -0.25) is 9.69 Å². The SMILES string of the molecule is CCC1COC(C)CN1CCC(C)(NC)C(=O)O. The van der Waals surface area contributed by atoms with Gasteiger partial charge in [0.25, 0.3) is 0 Å². The summed E-state index contributed by atoms with van der Waals surface area (Å²) in [5.74, 6) is -0.792. The van der Waals surface area contributed by atoms with Crippen LogP contribution >= 0.6 is 0 Å². The van der Waals surface area contributed by atoms with Gasteiger partial charge in [-0.15, -0.1) is 0 Å². The van der Waals surface area contributed by atoms with Crippen molar-refractivity contribution in [3.63, 3.8) is 0 Å². The van der Waals surface area contributed by atoms with E-state index in [9.17, 15) is 9.90 Å². The minimum atomic E-state index is -0.847. The van der Waals surface area contributed by atoms with Gasteiger partial charge in [-0.1, -0.05) is 6.92 Å². The molecule has 0 spiro atoms. The van der Waals surface area contributed by atoms with Gasteiger partial charge in [0.15, 0.2) is 0 Å². The Balaban J connectivity index is 2.56. The van der Waals surface area contributed by atoms with Crippen LogP contribution in [0.2, 0.25) is 0 Å². The fraction of sp³-hybridized carbons (Fsp3) is 0.923. The Labute approximate surface area is 109 Å². The lowest BCUT2D eigenvalue weighted by Crippen LogP contribution is -2.53. The van der Waals surface area contributed by atoms with Crippen molar-refractivity contribution in [2.75, 3.05) is 26.7 Å². The Morgan fingerprint density at radius 1 is 1.61 bits per heavy atom. The number of carbonyl (C=O) groups is 1. The van der Waals surface area contributed by atoms with Crippen LogP contribution in [0.15, 0.2) is 0 Å². The molecule has 1 rings (SSSR count). The normalized spacial score (nSPS) is 28.9. The summed E-state index contributed by atoms with van der Waals surface area (Å²) in [5, 5.41) is 12.1. The summed E-state index contributed by atoms with van der Waals surface area (Å²) in [5.41, 5.74) is -0.847. The Hall–Kier alpha value is -0.650. The van der Waals surface area contributed by atoms with Crippen molar-refractivity contribution in [1.29, 1.82) is 0 Å². The van der Waals surface area contributed by atoms with Crippen molar-refractivity contribution in [1.82, 2.24) is 10.2 Å². The van der Waals surface area contributed by atoms with Gasteiger partial charge in [-0.25, -0.2) is 0 Å². The number of nitrogens with one attached hydrogen (secondary N) is 1. The van der Waals surface area contributed by atoms with Crippen LogP contribution in [-0.4, -0.2) is 60.4 Å². The highest BCUT2D eigenvalue weighted by atomic mass is 16.5. The van der Waals surface area contributed by atoms with Crippen LogP contribution in [0.3, 0.4) is 0 Å². The van der Waals surface area contributed by atoms with Gasteiger partial charge < -0.3 is 15.2 Å².